The number of anilines is 2. The van der Waals surface area contributed by atoms with Crippen LogP contribution in [0.2, 0.25) is 0 Å². The van der Waals surface area contributed by atoms with Gasteiger partial charge in [0.25, 0.3) is 5.91 Å². The zero-order valence-electron chi connectivity index (χ0n) is 12.2. The standard InChI is InChI=1S/C17H14BrFN2O2/c18-12-5-7-15(13(19)9-12)21-17(23)11-4-6-14-10(8-11)2-1-3-16(22)20-14/h4-9H,1-3H2,(H,20,22)(H,21,23). The van der Waals surface area contributed by atoms with Crippen LogP contribution in [0.1, 0.15) is 28.8 Å². The van der Waals surface area contributed by atoms with Crippen molar-refractivity contribution in [2.45, 2.75) is 19.3 Å². The van der Waals surface area contributed by atoms with Crippen LogP contribution in [0.4, 0.5) is 15.8 Å². The summed E-state index contributed by atoms with van der Waals surface area (Å²) in [6.07, 6.45) is 1.94. The zero-order valence-corrected chi connectivity index (χ0v) is 13.7. The summed E-state index contributed by atoms with van der Waals surface area (Å²) in [6.45, 7) is 0. The number of nitrogens with one attached hydrogen (secondary N) is 2. The van der Waals surface area contributed by atoms with Gasteiger partial charge >= 0.3 is 0 Å². The van der Waals surface area contributed by atoms with Gasteiger partial charge in [-0.25, -0.2) is 4.39 Å². The van der Waals surface area contributed by atoms with Crippen LogP contribution in [-0.4, -0.2) is 11.8 Å². The largest absolute Gasteiger partial charge is 0.326 e. The molecule has 3 rings (SSSR count). The molecule has 0 spiro atoms. The molecule has 1 aliphatic heterocycles. The Morgan fingerprint density at radius 1 is 1.17 bits per heavy atom. The fourth-order valence-electron chi connectivity index (χ4n) is 2.50. The van der Waals surface area contributed by atoms with E-state index in [1.54, 1.807) is 24.3 Å². The lowest BCUT2D eigenvalue weighted by molar-refractivity contribution is -0.116. The Balaban J connectivity index is 1.83. The van der Waals surface area contributed by atoms with Crippen LogP contribution in [0.25, 0.3) is 0 Å². The maximum absolute atomic E-state index is 13.8. The highest BCUT2D eigenvalue weighted by atomic mass is 79.9. The first-order chi connectivity index (χ1) is 11.0. The molecule has 0 saturated heterocycles. The maximum atomic E-state index is 13.8. The van der Waals surface area contributed by atoms with E-state index in [0.717, 1.165) is 24.1 Å². The molecule has 6 heteroatoms. The fourth-order valence-corrected chi connectivity index (χ4v) is 2.83. The third kappa shape index (κ3) is 3.59. The number of aryl methyl sites for hydroxylation is 1. The first kappa shape index (κ1) is 15.7. The van der Waals surface area contributed by atoms with Crippen LogP contribution >= 0.6 is 15.9 Å². The molecule has 2 N–H and O–H groups in total. The van der Waals surface area contributed by atoms with Gasteiger partial charge < -0.3 is 10.6 Å². The number of carbonyl (C=O) groups excluding carboxylic acids is 2. The van der Waals surface area contributed by atoms with Crippen LogP contribution in [-0.2, 0) is 11.2 Å². The van der Waals surface area contributed by atoms with Gasteiger partial charge in [0.15, 0.2) is 0 Å². The molecule has 118 valence electrons. The summed E-state index contributed by atoms with van der Waals surface area (Å²) in [5.41, 5.74) is 2.21. The lowest BCUT2D eigenvalue weighted by Crippen LogP contribution is -2.14. The Labute approximate surface area is 141 Å². The quantitative estimate of drug-likeness (QED) is 0.828. The average molecular weight is 377 g/mol. The summed E-state index contributed by atoms with van der Waals surface area (Å²) in [6, 6.07) is 9.53. The number of amides is 2. The second-order valence-corrected chi connectivity index (χ2v) is 6.27. The first-order valence-electron chi connectivity index (χ1n) is 7.22. The predicted molar refractivity (Wildman–Crippen MR) is 90.1 cm³/mol. The molecule has 0 fully saturated rings. The van der Waals surface area contributed by atoms with E-state index < -0.39 is 5.82 Å². The van der Waals surface area contributed by atoms with E-state index in [2.05, 4.69) is 26.6 Å². The maximum Gasteiger partial charge on any atom is 0.255 e. The summed E-state index contributed by atoms with van der Waals surface area (Å²) in [5.74, 6) is -0.905. The van der Waals surface area contributed by atoms with Gasteiger partial charge in [-0.2, -0.15) is 0 Å². The first-order valence-corrected chi connectivity index (χ1v) is 8.01. The molecule has 0 saturated carbocycles. The molecule has 1 aliphatic rings. The second kappa shape index (κ2) is 6.50. The van der Waals surface area contributed by atoms with Crippen molar-refractivity contribution >= 4 is 39.1 Å². The van der Waals surface area contributed by atoms with Crippen molar-refractivity contribution in [2.75, 3.05) is 10.6 Å². The zero-order chi connectivity index (χ0) is 16.4. The minimum absolute atomic E-state index is 0.0158. The van der Waals surface area contributed by atoms with Gasteiger partial charge in [-0.15, -0.1) is 0 Å². The molecule has 4 nitrogen and oxygen atoms in total. The van der Waals surface area contributed by atoms with Crippen LogP contribution in [0.3, 0.4) is 0 Å². The summed E-state index contributed by atoms with van der Waals surface area (Å²) in [4.78, 5) is 23.8. The molecular weight excluding hydrogens is 363 g/mol. The molecule has 0 aliphatic carbocycles. The highest BCUT2D eigenvalue weighted by Gasteiger charge is 2.16. The Morgan fingerprint density at radius 3 is 2.78 bits per heavy atom. The molecule has 0 radical (unpaired) electrons. The normalized spacial score (nSPS) is 13.7. The van der Waals surface area contributed by atoms with E-state index in [4.69, 9.17) is 0 Å². The minimum Gasteiger partial charge on any atom is -0.326 e. The van der Waals surface area contributed by atoms with Crippen LogP contribution in [0.5, 0.6) is 0 Å². The van der Waals surface area contributed by atoms with E-state index in [0.29, 0.717) is 16.5 Å². The molecule has 2 amide bonds. The van der Waals surface area contributed by atoms with E-state index in [-0.39, 0.29) is 17.5 Å². The number of rotatable bonds is 2. The average Bonchev–Trinajstić information content (AvgIpc) is 2.69. The lowest BCUT2D eigenvalue weighted by atomic mass is 10.0. The number of hydrogen-bond acceptors (Lipinski definition) is 2. The van der Waals surface area contributed by atoms with E-state index in [1.165, 1.54) is 12.1 Å². The molecular formula is C17H14BrFN2O2. The molecule has 23 heavy (non-hydrogen) atoms. The lowest BCUT2D eigenvalue weighted by Gasteiger charge is -2.10. The highest BCUT2D eigenvalue weighted by Crippen LogP contribution is 2.24. The number of fused-ring (bicyclic) bond motifs is 1. The number of hydrogen-bond donors (Lipinski definition) is 2. The Hall–Kier alpha value is -2.21. The van der Waals surface area contributed by atoms with Crippen LogP contribution in [0, 0.1) is 5.82 Å². The Bertz CT molecular complexity index is 792. The number of halogens is 2. The van der Waals surface area contributed by atoms with Crippen LogP contribution < -0.4 is 10.6 Å². The summed E-state index contributed by atoms with van der Waals surface area (Å²) in [5, 5.41) is 5.38. The van der Waals surface area contributed by atoms with E-state index >= 15 is 0 Å². The molecule has 2 aromatic carbocycles. The van der Waals surface area contributed by atoms with E-state index in [1.807, 2.05) is 0 Å². The van der Waals surface area contributed by atoms with Crippen molar-refractivity contribution in [3.8, 4) is 0 Å². The van der Waals surface area contributed by atoms with E-state index in [9.17, 15) is 14.0 Å². The highest BCUT2D eigenvalue weighted by molar-refractivity contribution is 9.10. The van der Waals surface area contributed by atoms with Gasteiger partial charge in [-0.1, -0.05) is 15.9 Å². The topological polar surface area (TPSA) is 58.2 Å². The van der Waals surface area contributed by atoms with Crippen molar-refractivity contribution in [1.82, 2.24) is 0 Å². The smallest absolute Gasteiger partial charge is 0.255 e. The van der Waals surface area contributed by atoms with Gasteiger partial charge in [-0.3, -0.25) is 9.59 Å². The third-order valence-corrected chi connectivity index (χ3v) is 4.16. The Kier molecular flexibility index (Phi) is 4.43. The SMILES string of the molecule is O=C1CCCc2cc(C(=O)Nc3ccc(Br)cc3F)ccc2N1. The van der Waals surface area contributed by atoms with Crippen molar-refractivity contribution in [1.29, 1.82) is 0 Å². The summed E-state index contributed by atoms with van der Waals surface area (Å²) >= 11 is 3.17. The van der Waals surface area contributed by atoms with Gasteiger partial charge in [0, 0.05) is 22.1 Å². The molecule has 1 heterocycles. The summed E-state index contributed by atoms with van der Waals surface area (Å²) < 4.78 is 14.4. The van der Waals surface area contributed by atoms with Gasteiger partial charge in [-0.05, 0) is 54.8 Å². The molecule has 0 bridgehead atoms. The van der Waals surface area contributed by atoms with Crippen molar-refractivity contribution in [3.05, 3.63) is 57.8 Å². The molecule has 2 aromatic rings. The predicted octanol–water partition coefficient (Wildman–Crippen LogP) is 4.12. The number of carbonyl (C=O) groups is 2. The molecule has 0 unspecified atom stereocenters. The van der Waals surface area contributed by atoms with Gasteiger partial charge in [0.1, 0.15) is 5.82 Å². The van der Waals surface area contributed by atoms with Gasteiger partial charge in [0.05, 0.1) is 5.69 Å². The van der Waals surface area contributed by atoms with Crippen molar-refractivity contribution in [2.24, 2.45) is 0 Å². The number of benzene rings is 2. The third-order valence-electron chi connectivity index (χ3n) is 3.67. The minimum atomic E-state index is -0.505. The Morgan fingerprint density at radius 2 is 2.00 bits per heavy atom. The van der Waals surface area contributed by atoms with Crippen molar-refractivity contribution < 1.29 is 14.0 Å². The second-order valence-electron chi connectivity index (χ2n) is 5.35. The fraction of sp³-hybridized carbons (Fsp3) is 0.176. The monoisotopic (exact) mass is 376 g/mol. The summed E-state index contributed by atoms with van der Waals surface area (Å²) in [7, 11) is 0. The molecule has 0 atom stereocenters. The van der Waals surface area contributed by atoms with Gasteiger partial charge in [0.2, 0.25) is 5.91 Å². The van der Waals surface area contributed by atoms with Crippen LogP contribution in [0.15, 0.2) is 40.9 Å². The molecule has 0 aromatic heterocycles. The van der Waals surface area contributed by atoms with Crippen molar-refractivity contribution in [3.63, 3.8) is 0 Å².